The third-order valence-corrected chi connectivity index (χ3v) is 3.73. The molecule has 0 atom stereocenters. The maximum Gasteiger partial charge on any atom is 0.267 e. The van der Waals surface area contributed by atoms with Crippen molar-refractivity contribution >= 4 is 6.08 Å². The standard InChI is InChI=1S/C14H15F2NO3/c1-19-11-7-12(20-2)10(6-9(11)13(15)16)14(17-8-18)4-3-5-14/h6-7,13H,3-5H2,1-2H3. The Labute approximate surface area is 115 Å². The number of ether oxygens (including phenoxy) is 2. The van der Waals surface area contributed by atoms with Crippen LogP contribution in [0.4, 0.5) is 8.78 Å². The molecule has 1 aromatic rings. The molecule has 0 amide bonds. The molecule has 4 nitrogen and oxygen atoms in total. The van der Waals surface area contributed by atoms with E-state index in [1.807, 2.05) is 0 Å². The van der Waals surface area contributed by atoms with E-state index >= 15 is 0 Å². The Morgan fingerprint density at radius 2 is 1.90 bits per heavy atom. The number of hydrogen-bond acceptors (Lipinski definition) is 4. The number of nitrogens with zero attached hydrogens (tertiary/aromatic N) is 1. The summed E-state index contributed by atoms with van der Waals surface area (Å²) in [6.07, 6.45) is 0.981. The van der Waals surface area contributed by atoms with Crippen molar-refractivity contribution in [3.8, 4) is 11.5 Å². The van der Waals surface area contributed by atoms with Gasteiger partial charge < -0.3 is 9.47 Å². The lowest BCUT2D eigenvalue weighted by molar-refractivity contribution is 0.146. The lowest BCUT2D eigenvalue weighted by Crippen LogP contribution is -2.32. The number of hydrogen-bond donors (Lipinski definition) is 0. The van der Waals surface area contributed by atoms with E-state index in [1.54, 1.807) is 0 Å². The van der Waals surface area contributed by atoms with Gasteiger partial charge in [-0.3, -0.25) is 0 Å². The smallest absolute Gasteiger partial charge is 0.267 e. The van der Waals surface area contributed by atoms with Gasteiger partial charge in [-0.2, -0.15) is 4.99 Å². The predicted molar refractivity (Wildman–Crippen MR) is 68.2 cm³/mol. The van der Waals surface area contributed by atoms with Crippen molar-refractivity contribution in [3.63, 3.8) is 0 Å². The van der Waals surface area contributed by atoms with Crippen LogP contribution in [0, 0.1) is 0 Å². The largest absolute Gasteiger partial charge is 0.496 e. The Balaban J connectivity index is 2.62. The molecule has 0 N–H and O–H groups in total. The van der Waals surface area contributed by atoms with Crippen LogP contribution in [-0.2, 0) is 10.3 Å². The summed E-state index contributed by atoms with van der Waals surface area (Å²) in [5, 5.41) is 0. The van der Waals surface area contributed by atoms with Crippen LogP contribution in [0.25, 0.3) is 0 Å². The molecule has 1 aliphatic carbocycles. The molecule has 0 saturated heterocycles. The highest BCUT2D eigenvalue weighted by molar-refractivity contribution is 5.52. The fraction of sp³-hybridized carbons (Fsp3) is 0.500. The van der Waals surface area contributed by atoms with Crippen molar-refractivity contribution in [1.82, 2.24) is 0 Å². The van der Waals surface area contributed by atoms with Gasteiger partial charge in [0.1, 0.15) is 17.0 Å². The van der Waals surface area contributed by atoms with E-state index < -0.39 is 12.0 Å². The van der Waals surface area contributed by atoms with E-state index in [0.717, 1.165) is 6.42 Å². The van der Waals surface area contributed by atoms with E-state index in [2.05, 4.69) is 4.99 Å². The summed E-state index contributed by atoms with van der Waals surface area (Å²) in [5.41, 5.74) is -0.524. The molecular formula is C14H15F2NO3. The first-order chi connectivity index (χ1) is 9.57. The van der Waals surface area contributed by atoms with Crippen molar-refractivity contribution in [3.05, 3.63) is 23.3 Å². The van der Waals surface area contributed by atoms with Gasteiger partial charge in [-0.05, 0) is 25.3 Å². The molecule has 0 bridgehead atoms. The normalized spacial score (nSPS) is 16.2. The average Bonchev–Trinajstić information content (AvgIpc) is 2.41. The average molecular weight is 283 g/mol. The van der Waals surface area contributed by atoms with Crippen LogP contribution in [0.5, 0.6) is 11.5 Å². The van der Waals surface area contributed by atoms with E-state index in [9.17, 15) is 13.6 Å². The second kappa shape index (κ2) is 5.59. The molecule has 0 radical (unpaired) electrons. The summed E-state index contributed by atoms with van der Waals surface area (Å²) in [6, 6.07) is 2.74. The Bertz CT molecular complexity index is 550. The van der Waals surface area contributed by atoms with Crippen molar-refractivity contribution < 1.29 is 23.0 Å². The molecule has 1 fully saturated rings. The van der Waals surface area contributed by atoms with Gasteiger partial charge in [0, 0.05) is 11.6 Å². The topological polar surface area (TPSA) is 47.9 Å². The van der Waals surface area contributed by atoms with Crippen LogP contribution < -0.4 is 9.47 Å². The fourth-order valence-electron chi connectivity index (χ4n) is 2.50. The lowest BCUT2D eigenvalue weighted by Gasteiger charge is -2.38. The minimum Gasteiger partial charge on any atom is -0.496 e. The Morgan fingerprint density at radius 1 is 1.25 bits per heavy atom. The number of aliphatic imine (C=N–C) groups is 1. The van der Waals surface area contributed by atoms with Crippen molar-refractivity contribution in [2.45, 2.75) is 31.2 Å². The quantitative estimate of drug-likeness (QED) is 0.615. The van der Waals surface area contributed by atoms with E-state index in [4.69, 9.17) is 9.47 Å². The Morgan fingerprint density at radius 3 is 2.30 bits per heavy atom. The zero-order valence-electron chi connectivity index (χ0n) is 11.3. The monoisotopic (exact) mass is 283 g/mol. The van der Waals surface area contributed by atoms with Crippen molar-refractivity contribution in [2.24, 2.45) is 4.99 Å². The number of carbonyl (C=O) groups excluding carboxylic acids is 1. The molecule has 0 aliphatic heterocycles. The molecule has 1 aromatic carbocycles. The maximum absolute atomic E-state index is 13.1. The predicted octanol–water partition coefficient (Wildman–Crippen LogP) is 3.36. The molecule has 108 valence electrons. The van der Waals surface area contributed by atoms with Gasteiger partial charge >= 0.3 is 0 Å². The van der Waals surface area contributed by atoms with Crippen molar-refractivity contribution in [1.29, 1.82) is 0 Å². The molecule has 1 saturated carbocycles. The van der Waals surface area contributed by atoms with Crippen LogP contribution in [0.1, 0.15) is 36.8 Å². The maximum atomic E-state index is 13.1. The molecule has 0 aromatic heterocycles. The van der Waals surface area contributed by atoms with Gasteiger partial charge in [-0.15, -0.1) is 0 Å². The van der Waals surface area contributed by atoms with Gasteiger partial charge in [0.2, 0.25) is 6.08 Å². The summed E-state index contributed by atoms with van der Waals surface area (Å²) in [4.78, 5) is 14.4. The third-order valence-electron chi connectivity index (χ3n) is 3.73. The van der Waals surface area contributed by atoms with Crippen LogP contribution >= 0.6 is 0 Å². The van der Waals surface area contributed by atoms with E-state index in [1.165, 1.54) is 32.4 Å². The zero-order valence-corrected chi connectivity index (χ0v) is 11.3. The highest BCUT2D eigenvalue weighted by atomic mass is 19.3. The molecule has 20 heavy (non-hydrogen) atoms. The first-order valence-corrected chi connectivity index (χ1v) is 6.21. The van der Waals surface area contributed by atoms with Gasteiger partial charge in [-0.25, -0.2) is 13.6 Å². The van der Waals surface area contributed by atoms with Crippen LogP contribution in [0.15, 0.2) is 17.1 Å². The summed E-state index contributed by atoms with van der Waals surface area (Å²) < 4.78 is 36.4. The number of benzene rings is 1. The summed E-state index contributed by atoms with van der Waals surface area (Å²) in [5.74, 6) is 0.454. The van der Waals surface area contributed by atoms with E-state index in [0.29, 0.717) is 24.2 Å². The van der Waals surface area contributed by atoms with Gasteiger partial charge in [-0.1, -0.05) is 0 Å². The molecule has 2 rings (SSSR count). The van der Waals surface area contributed by atoms with E-state index in [-0.39, 0.29) is 11.3 Å². The zero-order chi connectivity index (χ0) is 14.8. The highest BCUT2D eigenvalue weighted by Crippen LogP contribution is 2.50. The molecule has 0 spiro atoms. The summed E-state index contributed by atoms with van der Waals surface area (Å²) >= 11 is 0. The molecule has 0 heterocycles. The number of halogens is 2. The minimum absolute atomic E-state index is 0.0603. The van der Waals surface area contributed by atoms with Crippen molar-refractivity contribution in [2.75, 3.05) is 14.2 Å². The first-order valence-electron chi connectivity index (χ1n) is 6.21. The molecule has 6 heteroatoms. The van der Waals surface area contributed by atoms with Gasteiger partial charge in [0.25, 0.3) is 6.43 Å². The molecule has 0 unspecified atom stereocenters. The Kier molecular flexibility index (Phi) is 4.04. The lowest BCUT2D eigenvalue weighted by atomic mass is 9.71. The summed E-state index contributed by atoms with van der Waals surface area (Å²) in [7, 11) is 2.76. The van der Waals surface area contributed by atoms with Gasteiger partial charge in [0.15, 0.2) is 0 Å². The number of alkyl halides is 2. The first kappa shape index (κ1) is 14.5. The second-order valence-corrected chi connectivity index (χ2v) is 4.68. The molecular weight excluding hydrogens is 268 g/mol. The second-order valence-electron chi connectivity index (χ2n) is 4.68. The third kappa shape index (κ3) is 2.27. The SMILES string of the molecule is COc1cc(OC)c(C2(N=C=O)CCC2)cc1C(F)F. The van der Waals surface area contributed by atoms with Gasteiger partial charge in [0.05, 0.1) is 19.8 Å². The highest BCUT2D eigenvalue weighted by Gasteiger charge is 2.42. The molecule has 1 aliphatic rings. The summed E-state index contributed by atoms with van der Waals surface area (Å²) in [6.45, 7) is 0. The van der Waals surface area contributed by atoms with Crippen LogP contribution in [-0.4, -0.2) is 20.3 Å². The number of rotatable bonds is 5. The fourth-order valence-corrected chi connectivity index (χ4v) is 2.50. The van der Waals surface area contributed by atoms with Crippen LogP contribution in [0.2, 0.25) is 0 Å². The number of methoxy groups -OCH3 is 2. The number of isocyanates is 1. The Hall–Kier alpha value is -1.94. The van der Waals surface area contributed by atoms with Crippen LogP contribution in [0.3, 0.4) is 0 Å². The minimum atomic E-state index is -2.67.